The summed E-state index contributed by atoms with van der Waals surface area (Å²) in [6.07, 6.45) is 2.06. The van der Waals surface area contributed by atoms with Gasteiger partial charge in [0.15, 0.2) is 0 Å². The Kier molecular flexibility index (Phi) is 2.75. The van der Waals surface area contributed by atoms with Crippen LogP contribution in [0.15, 0.2) is 42.5 Å². The molecule has 3 aromatic rings. The lowest BCUT2D eigenvalue weighted by molar-refractivity contribution is 0.982. The number of fused-ring (bicyclic) bond motifs is 2. The average Bonchev–Trinajstić information content (AvgIpc) is 2.43. The summed E-state index contributed by atoms with van der Waals surface area (Å²) in [5.74, 6) is 0. The van der Waals surface area contributed by atoms with Gasteiger partial charge in [-0.15, -0.1) is 0 Å². The maximum absolute atomic E-state index is 4.81. The Bertz CT molecular complexity index is 651. The number of rotatable bonds is 2. The van der Waals surface area contributed by atoms with Crippen molar-refractivity contribution in [3.8, 4) is 0 Å². The topological polar surface area (TPSA) is 12.9 Å². The van der Waals surface area contributed by atoms with Crippen LogP contribution in [0.1, 0.15) is 25.1 Å². The quantitative estimate of drug-likeness (QED) is 0.595. The van der Waals surface area contributed by atoms with Crippen LogP contribution in [0.2, 0.25) is 0 Å². The molecule has 18 heavy (non-hydrogen) atoms. The number of aromatic nitrogens is 1. The molecule has 0 saturated carbocycles. The second-order valence-corrected chi connectivity index (χ2v) is 4.69. The van der Waals surface area contributed by atoms with E-state index in [0.717, 1.165) is 18.4 Å². The van der Waals surface area contributed by atoms with Crippen LogP contribution in [0.4, 0.5) is 0 Å². The molecule has 0 amide bonds. The zero-order valence-corrected chi connectivity index (χ0v) is 10.9. The van der Waals surface area contributed by atoms with E-state index in [0.29, 0.717) is 0 Å². The molecule has 0 aliphatic carbocycles. The number of nitrogens with zero attached hydrogens (tertiary/aromatic N) is 1. The minimum atomic E-state index is 1.01. The van der Waals surface area contributed by atoms with Crippen molar-refractivity contribution in [2.75, 3.05) is 0 Å². The Morgan fingerprint density at radius 3 is 2.22 bits per heavy atom. The second-order valence-electron chi connectivity index (χ2n) is 4.69. The normalized spacial score (nSPS) is 11.2. The molecule has 0 spiro atoms. The van der Waals surface area contributed by atoms with Gasteiger partial charge in [-0.05, 0) is 47.4 Å². The lowest BCUT2D eigenvalue weighted by atomic mass is 10.0. The maximum atomic E-state index is 4.81. The Labute approximate surface area is 107 Å². The number of hydrogen-bond donors (Lipinski definition) is 0. The summed E-state index contributed by atoms with van der Waals surface area (Å²) in [5, 5.41) is 3.81. The lowest BCUT2D eigenvalue weighted by Gasteiger charge is -2.08. The molecule has 0 fully saturated rings. The number of aryl methyl sites for hydroxylation is 2. The van der Waals surface area contributed by atoms with Crippen LogP contribution < -0.4 is 0 Å². The summed E-state index contributed by atoms with van der Waals surface area (Å²) >= 11 is 0. The molecule has 1 aromatic heterocycles. The van der Waals surface area contributed by atoms with E-state index in [9.17, 15) is 0 Å². The molecule has 1 heteroatoms. The maximum Gasteiger partial charge on any atom is 0.0711 e. The molecule has 0 N–H and O–H groups in total. The van der Waals surface area contributed by atoms with Crippen LogP contribution in [0.5, 0.6) is 0 Å². The van der Waals surface area contributed by atoms with Gasteiger partial charge in [-0.25, -0.2) is 0 Å². The van der Waals surface area contributed by atoms with Gasteiger partial charge in [0.05, 0.1) is 5.52 Å². The molecule has 1 nitrogen and oxygen atoms in total. The van der Waals surface area contributed by atoms with Crippen LogP contribution in [0.25, 0.3) is 21.7 Å². The molecule has 0 aliphatic rings. The van der Waals surface area contributed by atoms with Crippen LogP contribution in [0.3, 0.4) is 0 Å². The molecule has 0 radical (unpaired) electrons. The van der Waals surface area contributed by atoms with Crippen LogP contribution >= 0.6 is 0 Å². The second kappa shape index (κ2) is 4.41. The Balaban J connectivity index is 2.36. The van der Waals surface area contributed by atoms with Gasteiger partial charge in [-0.2, -0.15) is 0 Å². The fourth-order valence-corrected chi connectivity index (χ4v) is 2.56. The van der Waals surface area contributed by atoms with Crippen LogP contribution in [0, 0.1) is 0 Å². The van der Waals surface area contributed by atoms with Gasteiger partial charge in [0.2, 0.25) is 0 Å². The van der Waals surface area contributed by atoms with Crippen molar-refractivity contribution in [1.29, 1.82) is 0 Å². The summed E-state index contributed by atoms with van der Waals surface area (Å²) in [5.41, 5.74) is 3.73. The van der Waals surface area contributed by atoms with Crippen molar-refractivity contribution in [2.45, 2.75) is 26.7 Å². The van der Waals surface area contributed by atoms with E-state index in [1.807, 2.05) is 0 Å². The largest absolute Gasteiger partial charge is 0.253 e. The van der Waals surface area contributed by atoms with Gasteiger partial charge < -0.3 is 0 Å². The lowest BCUT2D eigenvalue weighted by Crippen LogP contribution is -1.96. The van der Waals surface area contributed by atoms with Crippen molar-refractivity contribution in [2.24, 2.45) is 0 Å². The molecule has 0 aliphatic heterocycles. The first-order valence-electron chi connectivity index (χ1n) is 6.63. The molecule has 0 saturated heterocycles. The van der Waals surface area contributed by atoms with E-state index >= 15 is 0 Å². The third-order valence-corrected chi connectivity index (χ3v) is 3.57. The van der Waals surface area contributed by atoms with E-state index in [1.165, 1.54) is 27.4 Å². The monoisotopic (exact) mass is 235 g/mol. The fraction of sp³-hybridized carbons (Fsp3) is 0.235. The Hall–Kier alpha value is -1.89. The van der Waals surface area contributed by atoms with Crippen molar-refractivity contribution in [3.63, 3.8) is 0 Å². The van der Waals surface area contributed by atoms with Crippen molar-refractivity contribution in [1.82, 2.24) is 4.98 Å². The molecule has 0 unspecified atom stereocenters. The first kappa shape index (κ1) is 11.2. The molecule has 2 aromatic carbocycles. The smallest absolute Gasteiger partial charge is 0.0711 e. The van der Waals surface area contributed by atoms with Gasteiger partial charge in [-0.1, -0.05) is 38.1 Å². The van der Waals surface area contributed by atoms with Gasteiger partial charge in [-0.3, -0.25) is 4.98 Å². The molecule has 0 atom stereocenters. The Morgan fingerprint density at radius 1 is 0.833 bits per heavy atom. The molecule has 3 rings (SSSR count). The average molecular weight is 235 g/mol. The van der Waals surface area contributed by atoms with Gasteiger partial charge in [0, 0.05) is 11.1 Å². The van der Waals surface area contributed by atoms with Gasteiger partial charge >= 0.3 is 0 Å². The summed E-state index contributed by atoms with van der Waals surface area (Å²) in [6, 6.07) is 15.2. The summed E-state index contributed by atoms with van der Waals surface area (Å²) < 4.78 is 0. The van der Waals surface area contributed by atoms with Crippen molar-refractivity contribution in [3.05, 3.63) is 53.7 Å². The first-order valence-corrected chi connectivity index (χ1v) is 6.63. The molecular weight excluding hydrogens is 218 g/mol. The van der Waals surface area contributed by atoms with E-state index in [4.69, 9.17) is 4.98 Å². The minimum Gasteiger partial charge on any atom is -0.253 e. The highest BCUT2D eigenvalue weighted by molar-refractivity contribution is 5.96. The van der Waals surface area contributed by atoms with E-state index < -0.39 is 0 Å². The SMILES string of the molecule is CCc1cc2cc3ccccc3cc2nc1CC. The first-order chi connectivity index (χ1) is 8.81. The highest BCUT2D eigenvalue weighted by atomic mass is 14.7. The third-order valence-electron chi connectivity index (χ3n) is 3.57. The minimum absolute atomic E-state index is 1.01. The van der Waals surface area contributed by atoms with Crippen molar-refractivity contribution >= 4 is 21.7 Å². The predicted molar refractivity (Wildman–Crippen MR) is 78.0 cm³/mol. The van der Waals surface area contributed by atoms with Gasteiger partial charge in [0.25, 0.3) is 0 Å². The molecule has 1 heterocycles. The van der Waals surface area contributed by atoms with Gasteiger partial charge in [0.1, 0.15) is 0 Å². The highest BCUT2D eigenvalue weighted by Gasteiger charge is 2.05. The Morgan fingerprint density at radius 2 is 1.56 bits per heavy atom. The van der Waals surface area contributed by atoms with Crippen molar-refractivity contribution < 1.29 is 0 Å². The number of pyridine rings is 1. The number of benzene rings is 2. The zero-order valence-electron chi connectivity index (χ0n) is 10.9. The van der Waals surface area contributed by atoms with Crippen LogP contribution in [-0.4, -0.2) is 4.98 Å². The number of hydrogen-bond acceptors (Lipinski definition) is 1. The van der Waals surface area contributed by atoms with E-state index in [1.54, 1.807) is 0 Å². The van der Waals surface area contributed by atoms with E-state index in [-0.39, 0.29) is 0 Å². The molecule has 90 valence electrons. The van der Waals surface area contributed by atoms with Crippen LogP contribution in [-0.2, 0) is 12.8 Å². The molecular formula is C17H17N. The third kappa shape index (κ3) is 1.76. The summed E-state index contributed by atoms with van der Waals surface area (Å²) in [4.78, 5) is 4.81. The summed E-state index contributed by atoms with van der Waals surface area (Å²) in [7, 11) is 0. The molecule has 0 bridgehead atoms. The zero-order chi connectivity index (χ0) is 12.5. The fourth-order valence-electron chi connectivity index (χ4n) is 2.56. The standard InChI is InChI=1S/C17H17N/c1-3-12-9-15-10-13-7-5-6-8-14(13)11-17(15)18-16(12)4-2/h5-11H,3-4H2,1-2H3. The van der Waals surface area contributed by atoms with E-state index in [2.05, 4.69) is 56.3 Å². The highest BCUT2D eigenvalue weighted by Crippen LogP contribution is 2.24. The summed E-state index contributed by atoms with van der Waals surface area (Å²) in [6.45, 7) is 4.37. The predicted octanol–water partition coefficient (Wildman–Crippen LogP) is 4.51.